The number of hydrogen-bond acceptors (Lipinski definition) is 10. The molecule has 0 aliphatic carbocycles. The Morgan fingerprint density at radius 2 is 1.90 bits per heavy atom. The van der Waals surface area contributed by atoms with Gasteiger partial charge in [0.25, 0.3) is 11.8 Å². The summed E-state index contributed by atoms with van der Waals surface area (Å²) in [7, 11) is 3.39. The van der Waals surface area contributed by atoms with E-state index in [0.29, 0.717) is 51.0 Å². The standard InChI is InChI=1S/C33H32F3N9O3/c1-19-9-26(29(47-3)14-28(19)48-21-6-8-45-30(11-21)38-18-40-45)41-31-22-12-25(42-32(46)23(34)10-20-5-4-7-43(20)2)27(13-24(22)37-17-39-31)44-15-33(35,36)16-44/h6,8-14,17-18,20H,4-5,7,15-16H2,1-3H3,(H,42,46)(H,37,39,41). The maximum Gasteiger partial charge on any atom is 0.284 e. The molecule has 0 radical (unpaired) electrons. The number of alkyl halides is 2. The van der Waals surface area contributed by atoms with Crippen LogP contribution in [0.1, 0.15) is 18.4 Å². The molecule has 0 saturated carbocycles. The Morgan fingerprint density at radius 1 is 1.06 bits per heavy atom. The molecule has 3 aromatic heterocycles. The van der Waals surface area contributed by atoms with Crippen LogP contribution in [0.25, 0.3) is 16.6 Å². The summed E-state index contributed by atoms with van der Waals surface area (Å²) in [6.07, 6.45) is 7.48. The molecule has 1 atom stereocenters. The lowest BCUT2D eigenvalue weighted by atomic mass is 10.1. The van der Waals surface area contributed by atoms with Crippen LogP contribution in [-0.4, -0.2) is 81.1 Å². The van der Waals surface area contributed by atoms with Gasteiger partial charge in [0.2, 0.25) is 0 Å². The fourth-order valence-corrected chi connectivity index (χ4v) is 5.97. The molecule has 5 aromatic rings. The summed E-state index contributed by atoms with van der Waals surface area (Å²) in [6.45, 7) is 1.60. The normalized spacial score (nSPS) is 17.8. The van der Waals surface area contributed by atoms with Crippen molar-refractivity contribution in [2.75, 3.05) is 49.3 Å². The summed E-state index contributed by atoms with van der Waals surface area (Å²) >= 11 is 0. The van der Waals surface area contributed by atoms with Gasteiger partial charge in [0.1, 0.15) is 35.7 Å². The number of aryl methyl sites for hydroxylation is 1. The highest BCUT2D eigenvalue weighted by molar-refractivity contribution is 6.07. The summed E-state index contributed by atoms with van der Waals surface area (Å²) in [6, 6.07) is 10.1. The fraction of sp³-hybridized carbons (Fsp3) is 0.303. The molecule has 15 heteroatoms. The van der Waals surface area contributed by atoms with Crippen LogP contribution in [0.4, 0.5) is 36.1 Å². The topological polar surface area (TPSA) is 122 Å². The van der Waals surface area contributed by atoms with Crippen molar-refractivity contribution in [3.63, 3.8) is 0 Å². The second-order valence-corrected chi connectivity index (χ2v) is 12.0. The van der Waals surface area contributed by atoms with Crippen LogP contribution >= 0.6 is 0 Å². The van der Waals surface area contributed by atoms with Crippen LogP contribution in [0, 0.1) is 6.92 Å². The van der Waals surface area contributed by atoms with E-state index in [1.165, 1.54) is 30.7 Å². The summed E-state index contributed by atoms with van der Waals surface area (Å²) < 4.78 is 56.4. The van der Waals surface area contributed by atoms with Crippen molar-refractivity contribution in [1.82, 2.24) is 29.5 Å². The number of amides is 1. The van der Waals surface area contributed by atoms with Gasteiger partial charge in [-0.05, 0) is 69.3 Å². The lowest BCUT2D eigenvalue weighted by Gasteiger charge is -2.41. The lowest BCUT2D eigenvalue weighted by Crippen LogP contribution is -2.56. The van der Waals surface area contributed by atoms with Crippen LogP contribution in [0.5, 0.6) is 17.2 Å². The number of fused-ring (bicyclic) bond motifs is 2. The molecule has 48 heavy (non-hydrogen) atoms. The van der Waals surface area contributed by atoms with Crippen LogP contribution in [0.15, 0.2) is 67.2 Å². The number of methoxy groups -OCH3 is 1. The van der Waals surface area contributed by atoms with E-state index in [9.17, 15) is 13.6 Å². The highest BCUT2D eigenvalue weighted by Gasteiger charge is 2.45. The smallest absolute Gasteiger partial charge is 0.284 e. The molecule has 2 saturated heterocycles. The fourth-order valence-electron chi connectivity index (χ4n) is 5.97. The number of hydrogen-bond donors (Lipinski definition) is 2. The Morgan fingerprint density at radius 3 is 2.65 bits per heavy atom. The number of benzene rings is 2. The molecule has 1 unspecified atom stereocenters. The first-order valence-electron chi connectivity index (χ1n) is 15.3. The third-order valence-corrected chi connectivity index (χ3v) is 8.55. The van der Waals surface area contributed by atoms with Crippen LogP contribution in [-0.2, 0) is 4.79 Å². The molecule has 2 fully saturated rings. The average Bonchev–Trinajstić information content (AvgIpc) is 3.69. The first-order chi connectivity index (χ1) is 23.1. The number of carbonyl (C=O) groups is 1. The average molecular weight is 660 g/mol. The summed E-state index contributed by atoms with van der Waals surface area (Å²) in [5.74, 6) is -2.87. The SMILES string of the molecule is COc1cc(Oc2ccn3ncnc3c2)c(C)cc1Nc1ncnc2cc(N3CC(F)(F)C3)c(NC(=O)C(F)=CC3CCCN3C)cc12. The van der Waals surface area contributed by atoms with E-state index in [1.54, 1.807) is 41.0 Å². The molecule has 0 bridgehead atoms. The summed E-state index contributed by atoms with van der Waals surface area (Å²) in [5.41, 5.74) is 2.85. The Balaban J connectivity index is 1.20. The third-order valence-electron chi connectivity index (χ3n) is 8.55. The Bertz CT molecular complexity index is 2060. The van der Waals surface area contributed by atoms with Crippen molar-refractivity contribution in [2.24, 2.45) is 0 Å². The molecular weight excluding hydrogens is 627 g/mol. The highest BCUT2D eigenvalue weighted by atomic mass is 19.3. The minimum Gasteiger partial charge on any atom is -0.494 e. The van der Waals surface area contributed by atoms with Gasteiger partial charge in [-0.3, -0.25) is 9.69 Å². The molecule has 2 N–H and O–H groups in total. The zero-order valence-corrected chi connectivity index (χ0v) is 26.4. The largest absolute Gasteiger partial charge is 0.494 e. The van der Waals surface area contributed by atoms with Crippen LogP contribution in [0.3, 0.4) is 0 Å². The second-order valence-electron chi connectivity index (χ2n) is 12.0. The zero-order valence-electron chi connectivity index (χ0n) is 26.4. The van der Waals surface area contributed by atoms with Crippen molar-refractivity contribution in [3.8, 4) is 17.2 Å². The number of likely N-dealkylation sites (N-methyl/N-ethyl adjacent to an activating group) is 1. The maximum atomic E-state index is 15.1. The van der Waals surface area contributed by atoms with E-state index >= 15 is 4.39 Å². The number of rotatable bonds is 9. The Kier molecular flexibility index (Phi) is 7.99. The molecule has 2 aliphatic rings. The molecule has 2 aromatic carbocycles. The third kappa shape index (κ3) is 6.15. The molecule has 1 amide bonds. The van der Waals surface area contributed by atoms with Crippen molar-refractivity contribution in [1.29, 1.82) is 0 Å². The van der Waals surface area contributed by atoms with Gasteiger partial charge in [-0.15, -0.1) is 0 Å². The quantitative estimate of drug-likeness (QED) is 0.186. The molecule has 5 heterocycles. The van der Waals surface area contributed by atoms with Gasteiger partial charge in [-0.1, -0.05) is 0 Å². The van der Waals surface area contributed by atoms with Gasteiger partial charge in [0.15, 0.2) is 11.5 Å². The molecular formula is C33H32F3N9O3. The van der Waals surface area contributed by atoms with Crippen molar-refractivity contribution in [2.45, 2.75) is 31.7 Å². The lowest BCUT2D eigenvalue weighted by molar-refractivity contribution is -0.114. The molecule has 7 rings (SSSR count). The van der Waals surface area contributed by atoms with Crippen LogP contribution < -0.4 is 25.0 Å². The van der Waals surface area contributed by atoms with Gasteiger partial charge in [0, 0.05) is 29.8 Å². The number of anilines is 4. The van der Waals surface area contributed by atoms with Crippen LogP contribution in [0.2, 0.25) is 0 Å². The van der Waals surface area contributed by atoms with Crippen molar-refractivity contribution >= 4 is 45.3 Å². The minimum absolute atomic E-state index is 0.153. The molecule has 0 spiro atoms. The Hall–Kier alpha value is -5.44. The first-order valence-corrected chi connectivity index (χ1v) is 15.3. The van der Waals surface area contributed by atoms with Gasteiger partial charge in [-0.2, -0.15) is 5.10 Å². The number of nitrogens with one attached hydrogen (secondary N) is 2. The number of nitrogens with zero attached hydrogens (tertiary/aromatic N) is 7. The number of carbonyl (C=O) groups excluding carboxylic acids is 1. The van der Waals surface area contributed by atoms with Gasteiger partial charge < -0.3 is 25.0 Å². The number of ether oxygens (including phenoxy) is 2. The van der Waals surface area contributed by atoms with Crippen molar-refractivity contribution in [3.05, 3.63) is 72.7 Å². The highest BCUT2D eigenvalue weighted by Crippen LogP contribution is 2.41. The second kappa shape index (κ2) is 12.3. The molecule has 12 nitrogen and oxygen atoms in total. The minimum atomic E-state index is -2.87. The van der Waals surface area contributed by atoms with E-state index in [4.69, 9.17) is 9.47 Å². The predicted octanol–water partition coefficient (Wildman–Crippen LogP) is 5.87. The summed E-state index contributed by atoms with van der Waals surface area (Å²) in [5, 5.41) is 10.4. The van der Waals surface area contributed by atoms with E-state index in [2.05, 4.69) is 30.7 Å². The van der Waals surface area contributed by atoms with E-state index in [0.717, 1.165) is 24.9 Å². The van der Waals surface area contributed by atoms with Gasteiger partial charge in [-0.25, -0.2) is 32.6 Å². The Labute approximate surface area is 273 Å². The number of likely N-dealkylation sites (tertiary alicyclic amines) is 1. The van der Waals surface area contributed by atoms with Gasteiger partial charge >= 0.3 is 0 Å². The molecule has 248 valence electrons. The monoisotopic (exact) mass is 659 g/mol. The predicted molar refractivity (Wildman–Crippen MR) is 174 cm³/mol. The molecule has 2 aliphatic heterocycles. The summed E-state index contributed by atoms with van der Waals surface area (Å²) in [4.78, 5) is 29.4. The van der Waals surface area contributed by atoms with E-state index in [1.807, 2.05) is 24.9 Å². The zero-order chi connectivity index (χ0) is 33.6. The van der Waals surface area contributed by atoms with Crippen molar-refractivity contribution < 1.29 is 27.4 Å². The maximum absolute atomic E-state index is 15.1. The number of pyridine rings is 1. The first kappa shape index (κ1) is 31.2. The van der Waals surface area contributed by atoms with E-state index in [-0.39, 0.29) is 11.7 Å². The van der Waals surface area contributed by atoms with E-state index < -0.39 is 30.7 Å². The number of halogens is 3. The number of aromatic nitrogens is 5. The van der Waals surface area contributed by atoms with Gasteiger partial charge in [0.05, 0.1) is 42.8 Å².